The number of aromatic nitrogens is 3. The minimum absolute atomic E-state index is 0.423. The van der Waals surface area contributed by atoms with E-state index < -0.39 is 0 Å². The van der Waals surface area contributed by atoms with Gasteiger partial charge in [-0.25, -0.2) is 0 Å². The minimum Gasteiger partial charge on any atom is -0.297 e. The van der Waals surface area contributed by atoms with Gasteiger partial charge in [0.2, 0.25) is 0 Å². The molecule has 3 aromatic rings. The number of hydrogen-bond acceptors (Lipinski definition) is 3. The summed E-state index contributed by atoms with van der Waals surface area (Å²) in [5.41, 5.74) is 3.46. The summed E-state index contributed by atoms with van der Waals surface area (Å²) in [5, 5.41) is 6.26. The minimum atomic E-state index is 0.423. The molecule has 0 N–H and O–H groups in total. The fourth-order valence-electron chi connectivity index (χ4n) is 3.32. The van der Waals surface area contributed by atoms with E-state index >= 15 is 0 Å². The van der Waals surface area contributed by atoms with Gasteiger partial charge >= 0.3 is 0 Å². The summed E-state index contributed by atoms with van der Waals surface area (Å²) in [6.45, 7) is 5.10. The van der Waals surface area contributed by atoms with Crippen molar-refractivity contribution in [3.8, 4) is 0 Å². The van der Waals surface area contributed by atoms with Gasteiger partial charge in [-0.15, -0.1) is 0 Å². The fraction of sp³-hybridized carbons (Fsp3) is 0.333. The molecule has 4 rings (SSSR count). The van der Waals surface area contributed by atoms with Gasteiger partial charge in [-0.2, -0.15) is 5.10 Å². The largest absolute Gasteiger partial charge is 0.297 e. The average Bonchev–Trinajstić information content (AvgIpc) is 3.16. The lowest BCUT2D eigenvalue weighted by Crippen LogP contribution is -2.21. The van der Waals surface area contributed by atoms with Crippen LogP contribution in [0.1, 0.15) is 23.7 Å². The van der Waals surface area contributed by atoms with Crippen LogP contribution in [-0.4, -0.2) is 32.8 Å². The third-order valence-electron chi connectivity index (χ3n) is 4.49. The molecule has 118 valence electrons. The van der Waals surface area contributed by atoms with E-state index in [0.717, 1.165) is 37.3 Å². The molecule has 5 heteroatoms. The number of likely N-dealkylation sites (tertiary alicyclic amines) is 1. The lowest BCUT2D eigenvalue weighted by atomic mass is 10.1. The predicted octanol–water partition coefficient (Wildman–Crippen LogP) is 3.84. The summed E-state index contributed by atoms with van der Waals surface area (Å²) >= 11 is 5.97. The monoisotopic (exact) mass is 326 g/mol. The number of hydrogen-bond donors (Lipinski definition) is 0. The van der Waals surface area contributed by atoms with Crippen LogP contribution >= 0.6 is 11.6 Å². The first-order chi connectivity index (χ1) is 11.2. The summed E-state index contributed by atoms with van der Waals surface area (Å²) in [6, 6.07) is 11.2. The predicted molar refractivity (Wildman–Crippen MR) is 92.6 cm³/mol. The normalized spacial score (nSPS) is 18.8. The summed E-state index contributed by atoms with van der Waals surface area (Å²) in [7, 11) is 0. The molecule has 23 heavy (non-hydrogen) atoms. The Kier molecular flexibility index (Phi) is 3.79. The molecule has 0 bridgehead atoms. The smallest absolute Gasteiger partial charge is 0.0785 e. The summed E-state index contributed by atoms with van der Waals surface area (Å²) in [5.74, 6) is 0. The molecule has 0 radical (unpaired) electrons. The number of fused-ring (bicyclic) bond motifs is 1. The molecule has 1 aliphatic rings. The number of pyridine rings is 1. The van der Waals surface area contributed by atoms with E-state index in [4.69, 9.17) is 11.6 Å². The average molecular weight is 327 g/mol. The number of benzene rings is 1. The van der Waals surface area contributed by atoms with Gasteiger partial charge in [0, 0.05) is 36.9 Å². The van der Waals surface area contributed by atoms with Crippen molar-refractivity contribution in [2.45, 2.75) is 25.9 Å². The molecule has 0 aliphatic carbocycles. The topological polar surface area (TPSA) is 34.0 Å². The first-order valence-electron chi connectivity index (χ1n) is 7.96. The molecule has 4 nitrogen and oxygen atoms in total. The van der Waals surface area contributed by atoms with Gasteiger partial charge in [-0.05, 0) is 37.1 Å². The van der Waals surface area contributed by atoms with Crippen LogP contribution in [0.2, 0.25) is 5.02 Å². The van der Waals surface area contributed by atoms with Crippen LogP contribution in [0.4, 0.5) is 0 Å². The Morgan fingerprint density at radius 1 is 1.26 bits per heavy atom. The Labute approximate surface area is 140 Å². The van der Waals surface area contributed by atoms with Crippen LogP contribution in [-0.2, 0) is 6.54 Å². The molecule has 0 saturated carbocycles. The Morgan fingerprint density at radius 2 is 2.17 bits per heavy atom. The van der Waals surface area contributed by atoms with Crippen LogP contribution in [0.3, 0.4) is 0 Å². The van der Waals surface area contributed by atoms with Crippen molar-refractivity contribution >= 4 is 22.5 Å². The lowest BCUT2D eigenvalue weighted by molar-refractivity contribution is 0.312. The highest BCUT2D eigenvalue weighted by Gasteiger charge is 2.24. The van der Waals surface area contributed by atoms with E-state index in [1.165, 1.54) is 10.9 Å². The molecule has 2 aromatic heterocycles. The maximum Gasteiger partial charge on any atom is 0.0785 e. The number of nitrogens with zero attached hydrogens (tertiary/aromatic N) is 4. The molecule has 1 fully saturated rings. The molecule has 0 spiro atoms. The zero-order valence-electron chi connectivity index (χ0n) is 13.1. The zero-order valence-corrected chi connectivity index (χ0v) is 13.9. The highest BCUT2D eigenvalue weighted by Crippen LogP contribution is 2.24. The van der Waals surface area contributed by atoms with Crippen LogP contribution in [0.25, 0.3) is 10.9 Å². The van der Waals surface area contributed by atoms with Gasteiger partial charge in [-0.3, -0.25) is 14.6 Å². The number of rotatable bonds is 3. The number of aryl methyl sites for hydroxylation is 1. The Morgan fingerprint density at radius 3 is 3.00 bits per heavy atom. The van der Waals surface area contributed by atoms with E-state index in [1.807, 2.05) is 17.8 Å². The van der Waals surface area contributed by atoms with Crippen molar-refractivity contribution in [3.05, 3.63) is 59.0 Å². The van der Waals surface area contributed by atoms with Crippen molar-refractivity contribution in [1.82, 2.24) is 19.7 Å². The van der Waals surface area contributed by atoms with Crippen molar-refractivity contribution in [3.63, 3.8) is 0 Å². The van der Waals surface area contributed by atoms with Crippen LogP contribution in [0.5, 0.6) is 0 Å². The third-order valence-corrected chi connectivity index (χ3v) is 4.69. The molecule has 1 saturated heterocycles. The van der Waals surface area contributed by atoms with Gasteiger partial charge in [0.15, 0.2) is 0 Å². The highest BCUT2D eigenvalue weighted by atomic mass is 35.5. The van der Waals surface area contributed by atoms with Crippen molar-refractivity contribution in [2.24, 2.45) is 0 Å². The van der Waals surface area contributed by atoms with Crippen molar-refractivity contribution in [2.75, 3.05) is 13.1 Å². The SMILES string of the molecule is Cc1ccc2cc(CN3CCC(n4cc(Cl)cn4)C3)ccc2n1. The second kappa shape index (κ2) is 5.95. The first-order valence-corrected chi connectivity index (χ1v) is 8.33. The molecule has 1 unspecified atom stereocenters. The first kappa shape index (κ1) is 14.7. The van der Waals surface area contributed by atoms with Gasteiger partial charge in [0.25, 0.3) is 0 Å². The molecule has 3 heterocycles. The van der Waals surface area contributed by atoms with Gasteiger partial charge < -0.3 is 0 Å². The van der Waals surface area contributed by atoms with Crippen LogP contribution < -0.4 is 0 Å². The highest BCUT2D eigenvalue weighted by molar-refractivity contribution is 6.30. The van der Waals surface area contributed by atoms with E-state index in [2.05, 4.69) is 45.3 Å². The summed E-state index contributed by atoms with van der Waals surface area (Å²) in [4.78, 5) is 7.04. The third kappa shape index (κ3) is 3.09. The second-order valence-corrected chi connectivity index (χ2v) is 6.73. The van der Waals surface area contributed by atoms with E-state index in [-0.39, 0.29) is 0 Å². The summed E-state index contributed by atoms with van der Waals surface area (Å²) in [6.07, 6.45) is 4.74. The van der Waals surface area contributed by atoms with E-state index in [0.29, 0.717) is 11.1 Å². The van der Waals surface area contributed by atoms with Crippen molar-refractivity contribution in [1.29, 1.82) is 0 Å². The molecular weight excluding hydrogens is 308 g/mol. The Hall–Kier alpha value is -1.91. The number of halogens is 1. The molecule has 0 amide bonds. The second-order valence-electron chi connectivity index (χ2n) is 6.30. The maximum atomic E-state index is 5.97. The zero-order chi connectivity index (χ0) is 15.8. The Balaban J connectivity index is 1.47. The standard InChI is InChI=1S/C18H19ClN4/c1-13-2-4-15-8-14(3-5-18(15)21-13)10-22-7-6-17(12-22)23-11-16(19)9-20-23/h2-5,8-9,11,17H,6-7,10,12H2,1H3. The molecule has 1 aromatic carbocycles. The van der Waals surface area contributed by atoms with E-state index in [1.54, 1.807) is 6.20 Å². The summed E-state index contributed by atoms with van der Waals surface area (Å²) < 4.78 is 2.00. The van der Waals surface area contributed by atoms with Gasteiger partial charge in [-0.1, -0.05) is 23.7 Å². The molecular formula is C18H19ClN4. The van der Waals surface area contributed by atoms with E-state index in [9.17, 15) is 0 Å². The van der Waals surface area contributed by atoms with Gasteiger partial charge in [0.1, 0.15) is 0 Å². The fourth-order valence-corrected chi connectivity index (χ4v) is 3.46. The van der Waals surface area contributed by atoms with Gasteiger partial charge in [0.05, 0.1) is 22.8 Å². The van der Waals surface area contributed by atoms with Crippen LogP contribution in [0.15, 0.2) is 42.7 Å². The Bertz CT molecular complexity index is 842. The maximum absolute atomic E-state index is 5.97. The van der Waals surface area contributed by atoms with Crippen LogP contribution in [0, 0.1) is 6.92 Å². The quantitative estimate of drug-likeness (QED) is 0.733. The van der Waals surface area contributed by atoms with Crippen molar-refractivity contribution < 1.29 is 0 Å². The molecule has 1 atom stereocenters. The lowest BCUT2D eigenvalue weighted by Gasteiger charge is -2.16. The molecule has 1 aliphatic heterocycles.